The summed E-state index contributed by atoms with van der Waals surface area (Å²) in [6, 6.07) is 0. The molecule has 3 heteroatoms. The molecule has 0 aliphatic heterocycles. The molecule has 16 heavy (non-hydrogen) atoms. The van der Waals surface area contributed by atoms with Crippen molar-refractivity contribution < 1.29 is 9.53 Å². The van der Waals surface area contributed by atoms with Crippen LogP contribution >= 0.6 is 0 Å². The SMILES string of the molecule is C#CCNC1(C(=O)OCC)CCCC1CC. The Hall–Kier alpha value is -1.01. The van der Waals surface area contributed by atoms with Crippen molar-refractivity contribution in [2.24, 2.45) is 5.92 Å². The number of hydrogen-bond donors (Lipinski definition) is 1. The summed E-state index contributed by atoms with van der Waals surface area (Å²) in [4.78, 5) is 12.1. The van der Waals surface area contributed by atoms with Gasteiger partial charge in [-0.2, -0.15) is 0 Å². The summed E-state index contributed by atoms with van der Waals surface area (Å²) >= 11 is 0. The van der Waals surface area contributed by atoms with Gasteiger partial charge in [0.25, 0.3) is 0 Å². The summed E-state index contributed by atoms with van der Waals surface area (Å²) in [5.41, 5.74) is -0.531. The average molecular weight is 223 g/mol. The monoisotopic (exact) mass is 223 g/mol. The van der Waals surface area contributed by atoms with Crippen molar-refractivity contribution >= 4 is 5.97 Å². The molecule has 0 radical (unpaired) electrons. The molecule has 0 bridgehead atoms. The predicted molar refractivity (Wildman–Crippen MR) is 63.8 cm³/mol. The average Bonchev–Trinajstić information content (AvgIpc) is 2.70. The van der Waals surface area contributed by atoms with Crippen LogP contribution in [0.5, 0.6) is 0 Å². The molecule has 1 saturated carbocycles. The molecule has 0 aromatic heterocycles. The molecule has 0 heterocycles. The molecule has 1 rings (SSSR count). The molecule has 0 spiro atoms. The van der Waals surface area contributed by atoms with Crippen LogP contribution in [0.4, 0.5) is 0 Å². The maximum Gasteiger partial charge on any atom is 0.326 e. The van der Waals surface area contributed by atoms with Gasteiger partial charge in [-0.15, -0.1) is 6.42 Å². The Balaban J connectivity index is 2.83. The molecular weight excluding hydrogens is 202 g/mol. The lowest BCUT2D eigenvalue weighted by Crippen LogP contribution is -2.55. The van der Waals surface area contributed by atoms with Gasteiger partial charge in [0, 0.05) is 0 Å². The Morgan fingerprint density at radius 2 is 2.38 bits per heavy atom. The molecule has 90 valence electrons. The molecule has 1 fully saturated rings. The van der Waals surface area contributed by atoms with E-state index in [4.69, 9.17) is 11.2 Å². The Kier molecular flexibility index (Phi) is 4.82. The van der Waals surface area contributed by atoms with Crippen molar-refractivity contribution in [1.82, 2.24) is 5.32 Å². The number of carbonyl (C=O) groups excluding carboxylic acids is 1. The minimum Gasteiger partial charge on any atom is -0.465 e. The third kappa shape index (κ3) is 2.38. The van der Waals surface area contributed by atoms with Crippen molar-refractivity contribution in [1.29, 1.82) is 0 Å². The highest BCUT2D eigenvalue weighted by molar-refractivity contribution is 5.81. The molecule has 2 unspecified atom stereocenters. The normalized spacial score (nSPS) is 28.7. The second-order valence-corrected chi connectivity index (χ2v) is 4.25. The first kappa shape index (κ1) is 13.1. The van der Waals surface area contributed by atoms with Crippen LogP contribution in [-0.2, 0) is 9.53 Å². The van der Waals surface area contributed by atoms with E-state index in [0.717, 1.165) is 25.7 Å². The molecule has 1 aliphatic rings. The van der Waals surface area contributed by atoms with Crippen LogP contribution in [0.2, 0.25) is 0 Å². The van der Waals surface area contributed by atoms with E-state index in [9.17, 15) is 4.79 Å². The third-order valence-corrected chi connectivity index (χ3v) is 3.46. The van der Waals surface area contributed by atoms with Crippen molar-refractivity contribution in [2.45, 2.75) is 45.1 Å². The van der Waals surface area contributed by atoms with Gasteiger partial charge < -0.3 is 4.74 Å². The number of esters is 1. The molecule has 0 aromatic rings. The highest BCUT2D eigenvalue weighted by Gasteiger charge is 2.48. The van der Waals surface area contributed by atoms with Crippen LogP contribution in [0, 0.1) is 18.3 Å². The van der Waals surface area contributed by atoms with Crippen LogP contribution in [0.3, 0.4) is 0 Å². The van der Waals surface area contributed by atoms with Gasteiger partial charge in [-0.25, -0.2) is 0 Å². The number of ether oxygens (including phenoxy) is 1. The zero-order valence-corrected chi connectivity index (χ0v) is 10.2. The number of carbonyl (C=O) groups is 1. The molecule has 0 saturated heterocycles. The lowest BCUT2D eigenvalue weighted by atomic mass is 9.85. The van der Waals surface area contributed by atoms with E-state index in [1.54, 1.807) is 0 Å². The first-order chi connectivity index (χ1) is 7.71. The number of terminal acetylenes is 1. The molecule has 1 aliphatic carbocycles. The van der Waals surface area contributed by atoms with E-state index in [0.29, 0.717) is 19.1 Å². The molecule has 2 atom stereocenters. The van der Waals surface area contributed by atoms with Crippen LogP contribution in [0.15, 0.2) is 0 Å². The van der Waals surface area contributed by atoms with Gasteiger partial charge >= 0.3 is 5.97 Å². The molecule has 1 N–H and O–H groups in total. The smallest absolute Gasteiger partial charge is 0.326 e. The van der Waals surface area contributed by atoms with Gasteiger partial charge in [0.05, 0.1) is 13.2 Å². The summed E-state index contributed by atoms with van der Waals surface area (Å²) < 4.78 is 5.19. The number of rotatable bonds is 5. The first-order valence-corrected chi connectivity index (χ1v) is 6.07. The van der Waals surface area contributed by atoms with E-state index in [2.05, 4.69) is 18.2 Å². The Morgan fingerprint density at radius 1 is 1.62 bits per heavy atom. The van der Waals surface area contributed by atoms with E-state index < -0.39 is 5.54 Å². The minimum absolute atomic E-state index is 0.130. The van der Waals surface area contributed by atoms with Crippen molar-refractivity contribution in [2.75, 3.05) is 13.2 Å². The lowest BCUT2D eigenvalue weighted by Gasteiger charge is -2.33. The fourth-order valence-corrected chi connectivity index (χ4v) is 2.67. The third-order valence-electron chi connectivity index (χ3n) is 3.46. The molecule has 0 amide bonds. The summed E-state index contributed by atoms with van der Waals surface area (Å²) in [7, 11) is 0. The van der Waals surface area contributed by atoms with Gasteiger partial charge in [0.2, 0.25) is 0 Å². The zero-order chi connectivity index (χ0) is 12.0. The van der Waals surface area contributed by atoms with Gasteiger partial charge in [0.15, 0.2) is 0 Å². The summed E-state index contributed by atoms with van der Waals surface area (Å²) in [6.45, 7) is 4.80. The van der Waals surface area contributed by atoms with Crippen LogP contribution in [-0.4, -0.2) is 24.7 Å². The van der Waals surface area contributed by atoms with Crippen LogP contribution in [0.1, 0.15) is 39.5 Å². The van der Waals surface area contributed by atoms with Crippen LogP contribution < -0.4 is 5.32 Å². The Bertz CT molecular complexity index is 282. The number of hydrogen-bond acceptors (Lipinski definition) is 3. The topological polar surface area (TPSA) is 38.3 Å². The highest BCUT2D eigenvalue weighted by atomic mass is 16.5. The van der Waals surface area contributed by atoms with Gasteiger partial charge in [-0.3, -0.25) is 10.1 Å². The first-order valence-electron chi connectivity index (χ1n) is 6.07. The second-order valence-electron chi connectivity index (χ2n) is 4.25. The fraction of sp³-hybridized carbons (Fsp3) is 0.769. The highest BCUT2D eigenvalue weighted by Crippen LogP contribution is 2.38. The standard InChI is InChI=1S/C13H21NO2/c1-4-10-14-13(12(15)16-6-3)9-7-8-11(13)5-2/h1,11,14H,5-10H2,2-3H3. The lowest BCUT2D eigenvalue weighted by molar-refractivity contribution is -0.153. The molecular formula is C13H21NO2. The maximum atomic E-state index is 12.1. The summed E-state index contributed by atoms with van der Waals surface area (Å²) in [5.74, 6) is 2.76. The maximum absolute atomic E-state index is 12.1. The zero-order valence-electron chi connectivity index (χ0n) is 10.2. The second kappa shape index (κ2) is 5.91. The quantitative estimate of drug-likeness (QED) is 0.569. The summed E-state index contributed by atoms with van der Waals surface area (Å²) in [5, 5.41) is 3.22. The fourth-order valence-electron chi connectivity index (χ4n) is 2.67. The van der Waals surface area contributed by atoms with Gasteiger partial charge in [-0.1, -0.05) is 25.7 Å². The van der Waals surface area contributed by atoms with E-state index in [-0.39, 0.29) is 5.97 Å². The minimum atomic E-state index is -0.531. The van der Waals surface area contributed by atoms with E-state index >= 15 is 0 Å². The van der Waals surface area contributed by atoms with Gasteiger partial charge in [0.1, 0.15) is 5.54 Å². The summed E-state index contributed by atoms with van der Waals surface area (Å²) in [6.07, 6.45) is 9.22. The van der Waals surface area contributed by atoms with Crippen molar-refractivity contribution in [3.8, 4) is 12.3 Å². The van der Waals surface area contributed by atoms with E-state index in [1.807, 2.05) is 6.92 Å². The van der Waals surface area contributed by atoms with Crippen molar-refractivity contribution in [3.63, 3.8) is 0 Å². The largest absolute Gasteiger partial charge is 0.465 e. The predicted octanol–water partition coefficient (Wildman–Crippen LogP) is 1.72. The molecule has 3 nitrogen and oxygen atoms in total. The van der Waals surface area contributed by atoms with Crippen molar-refractivity contribution in [3.05, 3.63) is 0 Å². The Labute approximate surface area is 97.9 Å². The van der Waals surface area contributed by atoms with Gasteiger partial charge in [-0.05, 0) is 25.7 Å². The number of nitrogens with one attached hydrogen (secondary N) is 1. The van der Waals surface area contributed by atoms with Crippen LogP contribution in [0.25, 0.3) is 0 Å². The molecule has 0 aromatic carbocycles. The van der Waals surface area contributed by atoms with E-state index in [1.165, 1.54) is 0 Å². The Morgan fingerprint density at radius 3 is 2.94 bits per heavy atom.